The molecular formula is C20H22ClN5O. The van der Waals surface area contributed by atoms with Crippen LogP contribution in [0.1, 0.15) is 11.3 Å². The van der Waals surface area contributed by atoms with Crippen LogP contribution in [0.4, 0.5) is 0 Å². The fourth-order valence-electron chi connectivity index (χ4n) is 2.52. The normalized spacial score (nSPS) is 11.3. The van der Waals surface area contributed by atoms with Gasteiger partial charge in [-0.05, 0) is 48.0 Å². The van der Waals surface area contributed by atoms with Crippen LogP contribution in [0, 0.1) is 0 Å². The van der Waals surface area contributed by atoms with E-state index in [-0.39, 0.29) is 0 Å². The summed E-state index contributed by atoms with van der Waals surface area (Å²) < 4.78 is 7.02. The Bertz CT molecular complexity index is 887. The molecule has 0 bridgehead atoms. The second-order valence-electron chi connectivity index (χ2n) is 5.86. The lowest BCUT2D eigenvalue weighted by Crippen LogP contribution is -2.36. The smallest absolute Gasteiger partial charge is 0.191 e. The van der Waals surface area contributed by atoms with Gasteiger partial charge in [-0.3, -0.25) is 4.99 Å². The van der Waals surface area contributed by atoms with E-state index in [1.807, 2.05) is 65.5 Å². The van der Waals surface area contributed by atoms with Crippen LogP contribution in [0.2, 0.25) is 5.02 Å². The van der Waals surface area contributed by atoms with Gasteiger partial charge >= 0.3 is 0 Å². The van der Waals surface area contributed by atoms with Gasteiger partial charge in [-0.25, -0.2) is 4.68 Å². The molecule has 0 fully saturated rings. The minimum absolute atomic E-state index is 0.573. The third-order valence-electron chi connectivity index (χ3n) is 4.02. The van der Waals surface area contributed by atoms with Crippen molar-refractivity contribution in [2.75, 3.05) is 14.2 Å². The first kappa shape index (κ1) is 18.8. The van der Waals surface area contributed by atoms with Crippen molar-refractivity contribution in [2.45, 2.75) is 13.1 Å². The van der Waals surface area contributed by atoms with E-state index in [0.717, 1.165) is 27.7 Å². The molecule has 1 heterocycles. The summed E-state index contributed by atoms with van der Waals surface area (Å²) >= 11 is 5.91. The standard InChI is InChI=1S/C20H22ClN5O/c1-22-20(23-13-15-3-5-16(21)6-4-15)24-14-17-11-12-26(25-17)18-7-9-19(27-2)10-8-18/h3-12H,13-14H2,1-2H3,(H2,22,23,24). The van der Waals surface area contributed by atoms with Gasteiger partial charge in [-0.15, -0.1) is 0 Å². The van der Waals surface area contributed by atoms with Crippen LogP contribution >= 0.6 is 11.6 Å². The lowest BCUT2D eigenvalue weighted by atomic mass is 10.2. The average Bonchev–Trinajstić information content (AvgIpc) is 3.18. The molecule has 0 aliphatic carbocycles. The SMILES string of the molecule is CN=C(NCc1ccc(Cl)cc1)NCc1ccn(-c2ccc(OC)cc2)n1. The van der Waals surface area contributed by atoms with E-state index in [4.69, 9.17) is 16.3 Å². The number of hydrogen-bond donors (Lipinski definition) is 2. The molecule has 6 nitrogen and oxygen atoms in total. The summed E-state index contributed by atoms with van der Waals surface area (Å²) in [6.07, 6.45) is 1.93. The number of guanidine groups is 1. The molecule has 2 aromatic carbocycles. The average molecular weight is 384 g/mol. The summed E-state index contributed by atoms with van der Waals surface area (Å²) in [7, 11) is 3.40. The number of nitrogens with zero attached hydrogens (tertiary/aromatic N) is 3. The number of methoxy groups -OCH3 is 1. The van der Waals surface area contributed by atoms with Gasteiger partial charge in [0, 0.05) is 24.8 Å². The van der Waals surface area contributed by atoms with E-state index < -0.39 is 0 Å². The van der Waals surface area contributed by atoms with E-state index in [0.29, 0.717) is 19.0 Å². The zero-order valence-corrected chi connectivity index (χ0v) is 16.1. The number of rotatable bonds is 6. The predicted octanol–water partition coefficient (Wildman–Crippen LogP) is 3.40. The molecule has 0 aliphatic heterocycles. The molecule has 0 amide bonds. The maximum Gasteiger partial charge on any atom is 0.191 e. The third kappa shape index (κ3) is 5.24. The van der Waals surface area contributed by atoms with E-state index in [1.54, 1.807) is 14.2 Å². The number of ether oxygens (including phenoxy) is 1. The molecule has 0 unspecified atom stereocenters. The maximum absolute atomic E-state index is 5.91. The van der Waals surface area contributed by atoms with Crippen LogP contribution in [0.15, 0.2) is 65.8 Å². The summed E-state index contributed by atoms with van der Waals surface area (Å²) in [5.41, 5.74) is 3.03. The first-order valence-electron chi connectivity index (χ1n) is 8.56. The Labute approximate surface area is 163 Å². The van der Waals surface area contributed by atoms with E-state index in [9.17, 15) is 0 Å². The highest BCUT2D eigenvalue weighted by Crippen LogP contribution is 2.14. The van der Waals surface area contributed by atoms with Crippen LogP contribution in [0.25, 0.3) is 5.69 Å². The van der Waals surface area contributed by atoms with Gasteiger partial charge < -0.3 is 15.4 Å². The molecule has 0 spiro atoms. The first-order chi connectivity index (χ1) is 13.2. The largest absolute Gasteiger partial charge is 0.497 e. The fraction of sp³-hybridized carbons (Fsp3) is 0.200. The second-order valence-corrected chi connectivity index (χ2v) is 6.29. The fourth-order valence-corrected chi connectivity index (χ4v) is 2.64. The highest BCUT2D eigenvalue weighted by Gasteiger charge is 2.04. The second kappa shape index (κ2) is 9.09. The van der Waals surface area contributed by atoms with Crippen molar-refractivity contribution < 1.29 is 4.74 Å². The summed E-state index contributed by atoms with van der Waals surface area (Å²) in [6, 6.07) is 17.5. The predicted molar refractivity (Wildman–Crippen MR) is 109 cm³/mol. The van der Waals surface area contributed by atoms with Gasteiger partial charge in [0.2, 0.25) is 0 Å². The van der Waals surface area contributed by atoms with Crippen molar-refractivity contribution in [3.63, 3.8) is 0 Å². The molecule has 1 aromatic heterocycles. The summed E-state index contributed by atoms with van der Waals surface area (Å²) in [6.45, 7) is 1.24. The van der Waals surface area contributed by atoms with Gasteiger partial charge in [0.25, 0.3) is 0 Å². The van der Waals surface area contributed by atoms with Crippen molar-refractivity contribution in [2.24, 2.45) is 4.99 Å². The monoisotopic (exact) mass is 383 g/mol. The Morgan fingerprint density at radius 2 is 1.74 bits per heavy atom. The molecule has 27 heavy (non-hydrogen) atoms. The van der Waals surface area contributed by atoms with Gasteiger partial charge in [0.05, 0.1) is 25.0 Å². The lowest BCUT2D eigenvalue weighted by Gasteiger charge is -2.11. The zero-order chi connectivity index (χ0) is 19.1. The van der Waals surface area contributed by atoms with E-state index in [1.165, 1.54) is 0 Å². The Morgan fingerprint density at radius 3 is 2.41 bits per heavy atom. The minimum atomic E-state index is 0.573. The number of nitrogens with one attached hydrogen (secondary N) is 2. The van der Waals surface area contributed by atoms with Crippen LogP contribution in [0.3, 0.4) is 0 Å². The Morgan fingerprint density at radius 1 is 1.04 bits per heavy atom. The number of aliphatic imine (C=N–C) groups is 1. The van der Waals surface area contributed by atoms with Crippen LogP contribution in [0.5, 0.6) is 5.75 Å². The molecule has 0 saturated carbocycles. The van der Waals surface area contributed by atoms with Crippen molar-refractivity contribution in [3.05, 3.63) is 77.1 Å². The Hall–Kier alpha value is -2.99. The number of hydrogen-bond acceptors (Lipinski definition) is 3. The van der Waals surface area contributed by atoms with Crippen LogP contribution < -0.4 is 15.4 Å². The van der Waals surface area contributed by atoms with Crippen LogP contribution in [-0.4, -0.2) is 29.9 Å². The molecule has 0 atom stereocenters. The molecular weight excluding hydrogens is 362 g/mol. The van der Waals surface area contributed by atoms with Gasteiger partial charge in [-0.1, -0.05) is 23.7 Å². The Balaban J connectivity index is 1.53. The molecule has 0 saturated heterocycles. The van der Waals surface area contributed by atoms with Gasteiger partial charge in [0.1, 0.15) is 5.75 Å². The summed E-state index contributed by atoms with van der Waals surface area (Å²) in [4.78, 5) is 4.24. The summed E-state index contributed by atoms with van der Waals surface area (Å²) in [5.74, 6) is 1.53. The molecule has 0 aliphatic rings. The molecule has 0 radical (unpaired) electrons. The van der Waals surface area contributed by atoms with Crippen molar-refractivity contribution in [1.29, 1.82) is 0 Å². The molecule has 140 valence electrons. The quantitative estimate of drug-likeness (QED) is 0.506. The maximum atomic E-state index is 5.91. The highest BCUT2D eigenvalue weighted by molar-refractivity contribution is 6.30. The summed E-state index contributed by atoms with van der Waals surface area (Å²) in [5, 5.41) is 11.9. The van der Waals surface area contributed by atoms with E-state index >= 15 is 0 Å². The molecule has 7 heteroatoms. The molecule has 3 rings (SSSR count). The van der Waals surface area contributed by atoms with Crippen molar-refractivity contribution in [1.82, 2.24) is 20.4 Å². The third-order valence-corrected chi connectivity index (χ3v) is 4.27. The van der Waals surface area contributed by atoms with Crippen LogP contribution in [-0.2, 0) is 13.1 Å². The zero-order valence-electron chi connectivity index (χ0n) is 15.3. The number of aromatic nitrogens is 2. The van der Waals surface area contributed by atoms with E-state index in [2.05, 4.69) is 20.7 Å². The first-order valence-corrected chi connectivity index (χ1v) is 8.93. The number of halogens is 1. The van der Waals surface area contributed by atoms with Crippen molar-refractivity contribution >= 4 is 17.6 Å². The molecule has 3 aromatic rings. The number of benzene rings is 2. The molecule has 2 N–H and O–H groups in total. The minimum Gasteiger partial charge on any atom is -0.497 e. The topological polar surface area (TPSA) is 63.5 Å². The van der Waals surface area contributed by atoms with Gasteiger partial charge in [-0.2, -0.15) is 5.10 Å². The van der Waals surface area contributed by atoms with Crippen molar-refractivity contribution in [3.8, 4) is 11.4 Å². The lowest BCUT2D eigenvalue weighted by molar-refractivity contribution is 0.414. The highest BCUT2D eigenvalue weighted by atomic mass is 35.5. The van der Waals surface area contributed by atoms with Gasteiger partial charge in [0.15, 0.2) is 5.96 Å². The Kier molecular flexibility index (Phi) is 6.33.